The normalized spacial score (nSPS) is 30.7. The van der Waals surface area contributed by atoms with Gasteiger partial charge in [-0.3, -0.25) is 0 Å². The van der Waals surface area contributed by atoms with Crippen LogP contribution in [-0.2, 0) is 4.74 Å². The fourth-order valence-electron chi connectivity index (χ4n) is 1.70. The summed E-state index contributed by atoms with van der Waals surface area (Å²) in [5, 5.41) is 3.36. The minimum Gasteiger partial charge on any atom is -0.473 e. The van der Waals surface area contributed by atoms with Gasteiger partial charge in [-0.1, -0.05) is 0 Å². The summed E-state index contributed by atoms with van der Waals surface area (Å²) < 4.78 is 4.98. The molecule has 11 heavy (non-hydrogen) atoms. The van der Waals surface area contributed by atoms with E-state index in [1.54, 1.807) is 12.5 Å². The average molecular weight is 151 g/mol. The molecular weight excluding hydrogens is 138 g/mol. The molecule has 0 aliphatic carbocycles. The summed E-state index contributed by atoms with van der Waals surface area (Å²) in [6.45, 7) is 2.32. The minimum atomic E-state index is 0.596. The van der Waals surface area contributed by atoms with Gasteiger partial charge in [0.25, 0.3) is 0 Å². The molecule has 1 saturated heterocycles. The Bertz CT molecular complexity index is 168. The van der Waals surface area contributed by atoms with Gasteiger partial charge in [-0.15, -0.1) is 0 Å². The monoisotopic (exact) mass is 151 g/mol. The van der Waals surface area contributed by atoms with E-state index in [-0.39, 0.29) is 0 Å². The van der Waals surface area contributed by atoms with Crippen LogP contribution in [0.2, 0.25) is 0 Å². The fourth-order valence-corrected chi connectivity index (χ4v) is 1.70. The van der Waals surface area contributed by atoms with Crippen LogP contribution in [0.15, 0.2) is 24.7 Å². The quantitative estimate of drug-likeness (QED) is 0.609. The van der Waals surface area contributed by atoms with Gasteiger partial charge in [0.1, 0.15) is 0 Å². The van der Waals surface area contributed by atoms with Crippen LogP contribution >= 0.6 is 0 Å². The third-order valence-electron chi connectivity index (χ3n) is 2.40. The van der Waals surface area contributed by atoms with Crippen LogP contribution in [0.1, 0.15) is 6.42 Å². The molecule has 60 valence electrons. The molecule has 2 aliphatic heterocycles. The lowest BCUT2D eigenvalue weighted by Crippen LogP contribution is -2.15. The number of nitrogens with one attached hydrogen (secondary N) is 1. The maximum Gasteiger partial charge on any atom is 0.0867 e. The van der Waals surface area contributed by atoms with E-state index in [0.29, 0.717) is 5.92 Å². The molecule has 0 saturated carbocycles. The third-order valence-corrected chi connectivity index (χ3v) is 2.40. The van der Waals surface area contributed by atoms with Crippen molar-refractivity contribution in [1.82, 2.24) is 5.32 Å². The Balaban J connectivity index is 1.97. The molecule has 2 aliphatic rings. The van der Waals surface area contributed by atoms with Crippen molar-refractivity contribution >= 4 is 0 Å². The summed E-state index contributed by atoms with van der Waals surface area (Å²) in [6, 6.07) is 0. The van der Waals surface area contributed by atoms with Gasteiger partial charge in [0.05, 0.1) is 12.5 Å². The summed E-state index contributed by atoms with van der Waals surface area (Å²) in [7, 11) is 0. The predicted molar refractivity (Wildman–Crippen MR) is 43.8 cm³/mol. The van der Waals surface area contributed by atoms with E-state index in [1.165, 1.54) is 13.0 Å². The van der Waals surface area contributed by atoms with Crippen LogP contribution in [0, 0.1) is 11.8 Å². The number of allylic oxidation sites excluding steroid dienone is 2. The van der Waals surface area contributed by atoms with Crippen molar-refractivity contribution in [3.05, 3.63) is 24.7 Å². The Morgan fingerprint density at radius 3 is 2.73 bits per heavy atom. The van der Waals surface area contributed by atoms with Gasteiger partial charge < -0.3 is 10.1 Å². The van der Waals surface area contributed by atoms with E-state index in [0.717, 1.165) is 12.5 Å². The van der Waals surface area contributed by atoms with E-state index in [9.17, 15) is 0 Å². The molecule has 0 aromatic rings. The molecule has 0 radical (unpaired) electrons. The first-order valence-electron chi connectivity index (χ1n) is 4.16. The first kappa shape index (κ1) is 6.92. The molecule has 1 fully saturated rings. The maximum absolute atomic E-state index is 4.98. The van der Waals surface area contributed by atoms with Crippen molar-refractivity contribution in [2.45, 2.75) is 6.42 Å². The molecule has 2 heteroatoms. The summed E-state index contributed by atoms with van der Waals surface area (Å²) in [5.74, 6) is 1.38. The highest BCUT2D eigenvalue weighted by Gasteiger charge is 2.21. The lowest BCUT2D eigenvalue weighted by Gasteiger charge is -2.16. The second kappa shape index (κ2) is 3.09. The molecule has 1 N–H and O–H groups in total. The summed E-state index contributed by atoms with van der Waals surface area (Å²) in [6.07, 6.45) is 9.13. The number of hydrogen-bond donors (Lipinski definition) is 1. The van der Waals surface area contributed by atoms with E-state index >= 15 is 0 Å². The molecule has 2 heterocycles. The smallest absolute Gasteiger partial charge is 0.0867 e. The topological polar surface area (TPSA) is 21.3 Å². The van der Waals surface area contributed by atoms with Gasteiger partial charge in [-0.25, -0.2) is 0 Å². The predicted octanol–water partition coefficient (Wildman–Crippen LogP) is 1.27. The summed E-state index contributed by atoms with van der Waals surface area (Å²) in [5.41, 5.74) is 0. The Morgan fingerprint density at radius 1 is 1.27 bits per heavy atom. The van der Waals surface area contributed by atoms with Crippen LogP contribution in [0.5, 0.6) is 0 Å². The van der Waals surface area contributed by atoms with Crippen molar-refractivity contribution < 1.29 is 4.74 Å². The zero-order chi connectivity index (χ0) is 7.52. The van der Waals surface area contributed by atoms with Crippen LogP contribution in [0.3, 0.4) is 0 Å². The summed E-state index contributed by atoms with van der Waals surface area (Å²) in [4.78, 5) is 0. The van der Waals surface area contributed by atoms with Gasteiger partial charge in [-0.05, 0) is 37.6 Å². The standard InChI is InChI=1S/C9H13NO/c1-4-10-7-9(1)8-2-5-11-6-3-8/h2-3,5-6,8-10H,1,4,7H2. The molecule has 1 atom stereocenters. The maximum atomic E-state index is 4.98. The first-order valence-corrected chi connectivity index (χ1v) is 4.16. The molecule has 1 unspecified atom stereocenters. The number of rotatable bonds is 1. The number of ether oxygens (including phenoxy) is 1. The van der Waals surface area contributed by atoms with E-state index < -0.39 is 0 Å². The van der Waals surface area contributed by atoms with Crippen LogP contribution in [0.25, 0.3) is 0 Å². The average Bonchev–Trinajstić information content (AvgIpc) is 2.58. The lowest BCUT2D eigenvalue weighted by molar-refractivity contribution is 0.365. The number of hydrogen-bond acceptors (Lipinski definition) is 2. The first-order chi connectivity index (χ1) is 5.47. The Morgan fingerprint density at radius 2 is 2.09 bits per heavy atom. The Hall–Kier alpha value is -0.760. The zero-order valence-electron chi connectivity index (χ0n) is 6.49. The fraction of sp³-hybridized carbons (Fsp3) is 0.556. The van der Waals surface area contributed by atoms with Crippen LogP contribution < -0.4 is 5.32 Å². The van der Waals surface area contributed by atoms with Crippen molar-refractivity contribution in [3.63, 3.8) is 0 Å². The Labute approximate surface area is 66.9 Å². The van der Waals surface area contributed by atoms with Gasteiger partial charge in [-0.2, -0.15) is 0 Å². The van der Waals surface area contributed by atoms with E-state index in [1.807, 2.05) is 0 Å². The highest BCUT2D eigenvalue weighted by molar-refractivity contribution is 5.05. The van der Waals surface area contributed by atoms with Gasteiger partial charge in [0.15, 0.2) is 0 Å². The Kier molecular flexibility index (Phi) is 1.95. The summed E-state index contributed by atoms with van der Waals surface area (Å²) >= 11 is 0. The molecule has 0 amide bonds. The van der Waals surface area contributed by atoms with Crippen molar-refractivity contribution in [1.29, 1.82) is 0 Å². The molecule has 0 bridgehead atoms. The van der Waals surface area contributed by atoms with Gasteiger partial charge in [0.2, 0.25) is 0 Å². The highest BCUT2D eigenvalue weighted by Crippen LogP contribution is 2.23. The minimum absolute atomic E-state index is 0.596. The molecule has 0 aromatic heterocycles. The third kappa shape index (κ3) is 1.46. The molecular formula is C9H13NO. The molecule has 0 aromatic carbocycles. The molecule has 0 spiro atoms. The van der Waals surface area contributed by atoms with Gasteiger partial charge >= 0.3 is 0 Å². The van der Waals surface area contributed by atoms with E-state index in [2.05, 4.69) is 17.5 Å². The highest BCUT2D eigenvalue weighted by atomic mass is 16.5. The SMILES string of the molecule is C1=CC(C2CCNC2)C=CO1. The zero-order valence-corrected chi connectivity index (χ0v) is 6.49. The second-order valence-corrected chi connectivity index (χ2v) is 3.12. The molecule has 2 rings (SSSR count). The lowest BCUT2D eigenvalue weighted by atomic mass is 9.91. The molecule has 2 nitrogen and oxygen atoms in total. The van der Waals surface area contributed by atoms with Crippen molar-refractivity contribution in [3.8, 4) is 0 Å². The van der Waals surface area contributed by atoms with E-state index in [4.69, 9.17) is 4.74 Å². The second-order valence-electron chi connectivity index (χ2n) is 3.12. The van der Waals surface area contributed by atoms with Gasteiger partial charge in [0, 0.05) is 5.92 Å². The van der Waals surface area contributed by atoms with Crippen molar-refractivity contribution in [2.24, 2.45) is 11.8 Å². The van der Waals surface area contributed by atoms with Crippen molar-refractivity contribution in [2.75, 3.05) is 13.1 Å². The van der Waals surface area contributed by atoms with Crippen LogP contribution in [0.4, 0.5) is 0 Å². The largest absolute Gasteiger partial charge is 0.473 e. The van der Waals surface area contributed by atoms with Crippen LogP contribution in [-0.4, -0.2) is 13.1 Å².